The van der Waals surface area contributed by atoms with E-state index < -0.39 is 11.8 Å². The average molecular weight is 377 g/mol. The number of aromatic nitrogens is 2. The third-order valence-electron chi connectivity index (χ3n) is 3.39. The molecular formula is C18H14ClFN2O4. The van der Waals surface area contributed by atoms with Crippen LogP contribution in [0.4, 0.5) is 4.39 Å². The molecule has 0 atom stereocenters. The molecule has 0 unspecified atom stereocenters. The summed E-state index contributed by atoms with van der Waals surface area (Å²) in [6.45, 7) is 2.04. The van der Waals surface area contributed by atoms with Crippen molar-refractivity contribution in [2.45, 2.75) is 13.5 Å². The molecule has 0 radical (unpaired) electrons. The highest BCUT2D eigenvalue weighted by Crippen LogP contribution is 2.27. The largest absolute Gasteiger partial charge is 0.493 e. The summed E-state index contributed by atoms with van der Waals surface area (Å²) in [7, 11) is 0. The third kappa shape index (κ3) is 3.83. The van der Waals surface area contributed by atoms with Crippen LogP contribution in [-0.4, -0.2) is 22.7 Å². The monoisotopic (exact) mass is 376 g/mol. The van der Waals surface area contributed by atoms with Gasteiger partial charge in [0, 0.05) is 0 Å². The number of carbonyl (C=O) groups is 1. The lowest BCUT2D eigenvalue weighted by molar-refractivity contribution is 0.0424. The fraction of sp³-hybridized carbons (Fsp3) is 0.167. The number of hydrogen-bond donors (Lipinski definition) is 0. The van der Waals surface area contributed by atoms with Crippen LogP contribution >= 0.6 is 11.6 Å². The van der Waals surface area contributed by atoms with Crippen LogP contribution in [-0.2, 0) is 11.3 Å². The fourth-order valence-electron chi connectivity index (χ4n) is 2.25. The highest BCUT2D eigenvalue weighted by molar-refractivity contribution is 6.33. The molecule has 0 fully saturated rings. The average Bonchev–Trinajstić information content (AvgIpc) is 3.09. The van der Waals surface area contributed by atoms with E-state index in [2.05, 4.69) is 10.1 Å². The van der Waals surface area contributed by atoms with Gasteiger partial charge >= 0.3 is 5.97 Å². The van der Waals surface area contributed by atoms with Crippen molar-refractivity contribution >= 4 is 17.6 Å². The van der Waals surface area contributed by atoms with Gasteiger partial charge in [-0.25, -0.2) is 9.18 Å². The van der Waals surface area contributed by atoms with Crippen molar-refractivity contribution in [3.8, 4) is 17.1 Å². The standard InChI is InChI=1S/C18H14ClFN2O4/c1-2-24-14-9-4-3-6-11(14)17-21-15(26-22-17)10-25-18(23)16-12(19)7-5-8-13(16)20/h3-9H,2,10H2,1H3. The van der Waals surface area contributed by atoms with Crippen molar-refractivity contribution in [1.82, 2.24) is 10.1 Å². The lowest BCUT2D eigenvalue weighted by Crippen LogP contribution is -2.08. The van der Waals surface area contributed by atoms with E-state index in [1.165, 1.54) is 12.1 Å². The molecular weight excluding hydrogens is 363 g/mol. The van der Waals surface area contributed by atoms with E-state index in [0.29, 0.717) is 23.7 Å². The number of benzene rings is 2. The first-order valence-corrected chi connectivity index (χ1v) is 8.14. The third-order valence-corrected chi connectivity index (χ3v) is 3.70. The Hall–Kier alpha value is -2.93. The van der Waals surface area contributed by atoms with E-state index in [0.717, 1.165) is 6.07 Å². The molecule has 26 heavy (non-hydrogen) atoms. The van der Waals surface area contributed by atoms with Crippen molar-refractivity contribution in [3.05, 3.63) is 64.8 Å². The molecule has 0 bridgehead atoms. The molecule has 0 aliphatic heterocycles. The summed E-state index contributed by atoms with van der Waals surface area (Å²) in [5.41, 5.74) is 0.309. The Morgan fingerprint density at radius 2 is 2.04 bits per heavy atom. The van der Waals surface area contributed by atoms with Gasteiger partial charge in [-0.05, 0) is 31.2 Å². The number of para-hydroxylation sites is 1. The highest BCUT2D eigenvalue weighted by atomic mass is 35.5. The fourth-order valence-corrected chi connectivity index (χ4v) is 2.49. The summed E-state index contributed by atoms with van der Waals surface area (Å²) in [5, 5.41) is 3.82. The first-order chi connectivity index (χ1) is 12.6. The quantitative estimate of drug-likeness (QED) is 0.597. The van der Waals surface area contributed by atoms with Crippen LogP contribution in [0.5, 0.6) is 5.75 Å². The number of esters is 1. The Morgan fingerprint density at radius 1 is 1.23 bits per heavy atom. The number of nitrogens with zero attached hydrogens (tertiary/aromatic N) is 2. The van der Waals surface area contributed by atoms with Gasteiger partial charge < -0.3 is 14.0 Å². The molecule has 0 saturated carbocycles. The van der Waals surface area contributed by atoms with Gasteiger partial charge in [0.15, 0.2) is 6.61 Å². The molecule has 0 N–H and O–H groups in total. The molecule has 2 aromatic carbocycles. The maximum Gasteiger partial charge on any atom is 0.343 e. The van der Waals surface area contributed by atoms with E-state index in [1.807, 2.05) is 19.1 Å². The van der Waals surface area contributed by atoms with E-state index in [-0.39, 0.29) is 23.1 Å². The van der Waals surface area contributed by atoms with Crippen LogP contribution in [0.15, 0.2) is 47.0 Å². The first-order valence-electron chi connectivity index (χ1n) is 7.76. The SMILES string of the molecule is CCOc1ccccc1-c1noc(COC(=O)c2c(F)cccc2Cl)n1. The predicted octanol–water partition coefficient (Wildman–Crippen LogP) is 4.28. The van der Waals surface area contributed by atoms with Crippen LogP contribution in [0.3, 0.4) is 0 Å². The molecule has 6 nitrogen and oxygen atoms in total. The summed E-state index contributed by atoms with van der Waals surface area (Å²) in [6.07, 6.45) is 0. The lowest BCUT2D eigenvalue weighted by Gasteiger charge is -2.06. The Labute approximate surface area is 153 Å². The van der Waals surface area contributed by atoms with E-state index in [1.54, 1.807) is 12.1 Å². The molecule has 1 aromatic heterocycles. The second-order valence-corrected chi connectivity index (χ2v) is 5.52. The normalized spacial score (nSPS) is 10.6. The number of hydrogen-bond acceptors (Lipinski definition) is 6. The molecule has 1 heterocycles. The molecule has 3 rings (SSSR count). The van der Waals surface area contributed by atoms with Crippen LogP contribution in [0.1, 0.15) is 23.2 Å². The van der Waals surface area contributed by atoms with Gasteiger partial charge in [0.05, 0.1) is 17.2 Å². The minimum atomic E-state index is -0.914. The van der Waals surface area contributed by atoms with Gasteiger partial charge in [0.25, 0.3) is 5.89 Å². The number of halogens is 2. The second-order valence-electron chi connectivity index (χ2n) is 5.11. The topological polar surface area (TPSA) is 74.5 Å². The zero-order chi connectivity index (χ0) is 18.5. The molecule has 0 aliphatic carbocycles. The molecule has 134 valence electrons. The summed E-state index contributed by atoms with van der Waals surface area (Å²) in [6, 6.07) is 11.1. The highest BCUT2D eigenvalue weighted by Gasteiger charge is 2.19. The molecule has 0 spiro atoms. The minimum Gasteiger partial charge on any atom is -0.493 e. The number of ether oxygens (including phenoxy) is 2. The molecule has 0 aliphatic rings. The van der Waals surface area contributed by atoms with Crippen LogP contribution in [0, 0.1) is 5.82 Å². The molecule has 0 saturated heterocycles. The van der Waals surface area contributed by atoms with Crippen LogP contribution < -0.4 is 4.74 Å². The van der Waals surface area contributed by atoms with Crippen LogP contribution in [0.25, 0.3) is 11.4 Å². The van der Waals surface area contributed by atoms with Crippen molar-refractivity contribution in [1.29, 1.82) is 0 Å². The molecule has 3 aromatic rings. The molecule has 0 amide bonds. The van der Waals surface area contributed by atoms with E-state index >= 15 is 0 Å². The van der Waals surface area contributed by atoms with Crippen molar-refractivity contribution in [3.63, 3.8) is 0 Å². The van der Waals surface area contributed by atoms with Crippen LogP contribution in [0.2, 0.25) is 5.02 Å². The van der Waals surface area contributed by atoms with Gasteiger partial charge in [-0.3, -0.25) is 0 Å². The Kier molecular flexibility index (Phi) is 5.48. The number of rotatable bonds is 6. The first kappa shape index (κ1) is 17.9. The summed E-state index contributed by atoms with van der Waals surface area (Å²) < 4.78 is 29.3. The second kappa shape index (κ2) is 7.97. The Bertz CT molecular complexity index is 909. The molecule has 8 heteroatoms. The van der Waals surface area contributed by atoms with Gasteiger partial charge in [-0.2, -0.15) is 4.98 Å². The van der Waals surface area contributed by atoms with Crippen molar-refractivity contribution in [2.24, 2.45) is 0 Å². The zero-order valence-electron chi connectivity index (χ0n) is 13.7. The van der Waals surface area contributed by atoms with E-state index in [9.17, 15) is 9.18 Å². The number of carbonyl (C=O) groups excluding carboxylic acids is 1. The predicted molar refractivity (Wildman–Crippen MR) is 91.4 cm³/mol. The Balaban J connectivity index is 1.73. The van der Waals surface area contributed by atoms with Crippen molar-refractivity contribution in [2.75, 3.05) is 6.61 Å². The maximum absolute atomic E-state index is 13.7. The van der Waals surface area contributed by atoms with E-state index in [4.69, 9.17) is 25.6 Å². The lowest BCUT2D eigenvalue weighted by atomic mass is 10.2. The Morgan fingerprint density at radius 3 is 2.81 bits per heavy atom. The minimum absolute atomic E-state index is 0.0353. The maximum atomic E-state index is 13.7. The summed E-state index contributed by atoms with van der Waals surface area (Å²) in [4.78, 5) is 16.2. The smallest absolute Gasteiger partial charge is 0.343 e. The van der Waals surface area contributed by atoms with Gasteiger partial charge in [-0.1, -0.05) is 35.0 Å². The summed E-state index contributed by atoms with van der Waals surface area (Å²) in [5.74, 6) is -0.712. The van der Waals surface area contributed by atoms with Gasteiger partial charge in [0.1, 0.15) is 17.1 Å². The van der Waals surface area contributed by atoms with Gasteiger partial charge in [0.2, 0.25) is 5.82 Å². The van der Waals surface area contributed by atoms with Crippen molar-refractivity contribution < 1.29 is 23.2 Å². The summed E-state index contributed by atoms with van der Waals surface area (Å²) >= 11 is 5.83. The van der Waals surface area contributed by atoms with Gasteiger partial charge in [-0.15, -0.1) is 0 Å². The zero-order valence-corrected chi connectivity index (χ0v) is 14.5.